The van der Waals surface area contributed by atoms with Crippen molar-refractivity contribution in [3.05, 3.63) is 24.3 Å². The van der Waals surface area contributed by atoms with Crippen LogP contribution in [0.5, 0.6) is 0 Å². The smallest absolute Gasteiger partial charge is 0.432 e. The second-order valence-electron chi connectivity index (χ2n) is 5.03. The molecule has 0 aliphatic carbocycles. The summed E-state index contributed by atoms with van der Waals surface area (Å²) in [6, 6.07) is 0. The summed E-state index contributed by atoms with van der Waals surface area (Å²) in [6.45, 7) is 16.0. The Morgan fingerprint density at radius 3 is 1.55 bits per heavy atom. The van der Waals surface area contributed by atoms with Crippen molar-refractivity contribution in [3.8, 4) is 0 Å². The van der Waals surface area contributed by atoms with Gasteiger partial charge < -0.3 is 18.9 Å². The molecule has 116 valence electrons. The minimum absolute atomic E-state index is 0.146. The molecule has 5 nitrogen and oxygen atoms in total. The Morgan fingerprint density at radius 2 is 1.25 bits per heavy atom. The molecule has 0 spiro atoms. The van der Waals surface area contributed by atoms with Crippen molar-refractivity contribution in [3.63, 3.8) is 0 Å². The van der Waals surface area contributed by atoms with E-state index in [1.807, 2.05) is 27.7 Å². The lowest BCUT2D eigenvalue weighted by Gasteiger charge is -2.15. The second-order valence-corrected chi connectivity index (χ2v) is 5.03. The average Bonchev–Trinajstić information content (AvgIpc) is 2.37. The number of carbonyl (C=O) groups is 1. The zero-order valence-corrected chi connectivity index (χ0v) is 12.9. The molecule has 0 aliphatic rings. The highest BCUT2D eigenvalue weighted by Crippen LogP contribution is 2.00. The number of rotatable bonds is 10. The maximum atomic E-state index is 11.3. The Hall–Kier alpha value is -1.33. The van der Waals surface area contributed by atoms with Crippen molar-refractivity contribution in [2.24, 2.45) is 0 Å². The molecule has 0 fully saturated rings. The van der Waals surface area contributed by atoms with Crippen molar-refractivity contribution < 1.29 is 23.7 Å². The standard InChI is InChI=1S/C15H26O5/c1-11(2)7-17-13(5)9-19-15(16)20-10-14(6)18-8-12(3)4/h13-14H,1,3,7-10H2,2,4-6H3. The molecule has 2 unspecified atom stereocenters. The van der Waals surface area contributed by atoms with Gasteiger partial charge in [0.25, 0.3) is 0 Å². The van der Waals surface area contributed by atoms with Gasteiger partial charge in [-0.25, -0.2) is 4.79 Å². The van der Waals surface area contributed by atoms with E-state index in [0.29, 0.717) is 13.2 Å². The van der Waals surface area contributed by atoms with E-state index >= 15 is 0 Å². The molecule has 0 aromatic heterocycles. The summed E-state index contributed by atoms with van der Waals surface area (Å²) >= 11 is 0. The van der Waals surface area contributed by atoms with Gasteiger partial charge in [-0.15, -0.1) is 0 Å². The summed E-state index contributed by atoms with van der Waals surface area (Å²) in [5.74, 6) is 0. The van der Waals surface area contributed by atoms with Crippen LogP contribution in [0.2, 0.25) is 0 Å². The van der Waals surface area contributed by atoms with Gasteiger partial charge in [-0.1, -0.05) is 24.3 Å². The topological polar surface area (TPSA) is 54.0 Å². The fraction of sp³-hybridized carbons (Fsp3) is 0.667. The van der Waals surface area contributed by atoms with E-state index in [2.05, 4.69) is 13.2 Å². The summed E-state index contributed by atoms with van der Waals surface area (Å²) in [7, 11) is 0. The van der Waals surface area contributed by atoms with E-state index in [0.717, 1.165) is 11.1 Å². The molecular weight excluding hydrogens is 260 g/mol. The fourth-order valence-corrected chi connectivity index (χ4v) is 1.08. The third kappa shape index (κ3) is 11.7. The van der Waals surface area contributed by atoms with Gasteiger partial charge >= 0.3 is 6.16 Å². The molecule has 0 N–H and O–H groups in total. The van der Waals surface area contributed by atoms with Gasteiger partial charge in [0.05, 0.1) is 25.4 Å². The van der Waals surface area contributed by atoms with Gasteiger partial charge in [0, 0.05) is 0 Å². The highest BCUT2D eigenvalue weighted by atomic mass is 16.7. The molecule has 0 aromatic rings. The first-order valence-corrected chi connectivity index (χ1v) is 6.62. The Morgan fingerprint density at radius 1 is 0.900 bits per heavy atom. The Bertz CT molecular complexity index is 294. The van der Waals surface area contributed by atoms with E-state index in [1.54, 1.807) is 0 Å². The Kier molecular flexibility index (Phi) is 9.76. The summed E-state index contributed by atoms with van der Waals surface area (Å²) in [6.07, 6.45) is -1.12. The van der Waals surface area contributed by atoms with E-state index in [-0.39, 0.29) is 25.4 Å². The van der Waals surface area contributed by atoms with Crippen LogP contribution in [-0.2, 0) is 18.9 Å². The van der Waals surface area contributed by atoms with Crippen LogP contribution in [0.1, 0.15) is 27.7 Å². The molecule has 0 saturated heterocycles. The molecule has 20 heavy (non-hydrogen) atoms. The first kappa shape index (κ1) is 18.7. The lowest BCUT2D eigenvalue weighted by atomic mass is 10.3. The van der Waals surface area contributed by atoms with Crippen LogP contribution in [0, 0.1) is 0 Å². The van der Waals surface area contributed by atoms with Crippen LogP contribution in [0.25, 0.3) is 0 Å². The molecule has 0 aromatic carbocycles. The van der Waals surface area contributed by atoms with Crippen molar-refractivity contribution >= 4 is 6.16 Å². The van der Waals surface area contributed by atoms with E-state index in [1.165, 1.54) is 0 Å². The summed E-state index contributed by atoms with van der Waals surface area (Å²) in [5, 5.41) is 0. The largest absolute Gasteiger partial charge is 0.508 e. The monoisotopic (exact) mass is 286 g/mol. The highest BCUT2D eigenvalue weighted by molar-refractivity contribution is 5.59. The van der Waals surface area contributed by atoms with Crippen LogP contribution >= 0.6 is 0 Å². The van der Waals surface area contributed by atoms with Crippen LogP contribution in [0.15, 0.2) is 24.3 Å². The molecular formula is C15H26O5. The molecule has 5 heteroatoms. The third-order valence-corrected chi connectivity index (χ3v) is 2.10. The number of ether oxygens (including phenoxy) is 4. The van der Waals surface area contributed by atoms with Crippen LogP contribution < -0.4 is 0 Å². The quantitative estimate of drug-likeness (QED) is 0.456. The number of hydrogen-bond acceptors (Lipinski definition) is 5. The van der Waals surface area contributed by atoms with Crippen molar-refractivity contribution in [1.29, 1.82) is 0 Å². The summed E-state index contributed by atoms with van der Waals surface area (Å²) < 4.78 is 20.6. The lowest BCUT2D eigenvalue weighted by molar-refractivity contribution is -0.0238. The first-order valence-electron chi connectivity index (χ1n) is 6.62. The van der Waals surface area contributed by atoms with E-state index in [9.17, 15) is 4.79 Å². The number of hydrogen-bond donors (Lipinski definition) is 0. The molecule has 0 saturated carbocycles. The molecule has 0 radical (unpaired) electrons. The molecule has 0 rings (SSSR count). The van der Waals surface area contributed by atoms with Gasteiger partial charge in [0.15, 0.2) is 0 Å². The third-order valence-electron chi connectivity index (χ3n) is 2.10. The Balaban J connectivity index is 3.67. The zero-order valence-electron chi connectivity index (χ0n) is 12.9. The van der Waals surface area contributed by atoms with Gasteiger partial charge in [-0.2, -0.15) is 0 Å². The highest BCUT2D eigenvalue weighted by Gasteiger charge is 2.11. The Labute approximate surface area is 121 Å². The maximum absolute atomic E-state index is 11.3. The van der Waals surface area contributed by atoms with Gasteiger partial charge in [0.1, 0.15) is 13.2 Å². The summed E-state index contributed by atoms with van der Waals surface area (Å²) in [5.41, 5.74) is 1.84. The van der Waals surface area contributed by atoms with Crippen molar-refractivity contribution in [2.45, 2.75) is 39.9 Å². The first-order chi connectivity index (χ1) is 9.31. The van der Waals surface area contributed by atoms with Crippen LogP contribution in [0.3, 0.4) is 0 Å². The second kappa shape index (κ2) is 10.5. The van der Waals surface area contributed by atoms with Crippen molar-refractivity contribution in [1.82, 2.24) is 0 Å². The summed E-state index contributed by atoms with van der Waals surface area (Å²) in [4.78, 5) is 11.3. The van der Waals surface area contributed by atoms with Crippen molar-refractivity contribution in [2.75, 3.05) is 26.4 Å². The zero-order chi connectivity index (χ0) is 15.5. The minimum atomic E-state index is -0.721. The molecule has 2 atom stereocenters. The van der Waals surface area contributed by atoms with Gasteiger partial charge in [-0.05, 0) is 27.7 Å². The normalized spacial score (nSPS) is 13.4. The number of carbonyl (C=O) groups excluding carboxylic acids is 1. The predicted molar refractivity (Wildman–Crippen MR) is 77.8 cm³/mol. The van der Waals surface area contributed by atoms with E-state index < -0.39 is 6.16 Å². The minimum Gasteiger partial charge on any atom is -0.432 e. The van der Waals surface area contributed by atoms with E-state index in [4.69, 9.17) is 18.9 Å². The fourth-order valence-electron chi connectivity index (χ4n) is 1.08. The lowest BCUT2D eigenvalue weighted by Crippen LogP contribution is -2.23. The molecule has 0 bridgehead atoms. The molecule has 0 heterocycles. The molecule has 0 amide bonds. The SMILES string of the molecule is C=C(C)COC(C)COC(=O)OCC(C)OCC(=C)C. The predicted octanol–water partition coefficient (Wildman–Crippen LogP) is 3.10. The van der Waals surface area contributed by atoms with Crippen LogP contribution in [0.4, 0.5) is 4.79 Å². The maximum Gasteiger partial charge on any atom is 0.508 e. The average molecular weight is 286 g/mol. The van der Waals surface area contributed by atoms with Gasteiger partial charge in [-0.3, -0.25) is 0 Å². The van der Waals surface area contributed by atoms with Gasteiger partial charge in [0.2, 0.25) is 0 Å². The molecule has 0 aliphatic heterocycles. The van der Waals surface area contributed by atoms with Crippen LogP contribution in [-0.4, -0.2) is 44.8 Å².